The van der Waals surface area contributed by atoms with Crippen LogP contribution in [0.5, 0.6) is 0 Å². The molecule has 0 aromatic rings. The molecule has 0 aromatic carbocycles. The highest BCUT2D eigenvalue weighted by Gasteiger charge is 2.51. The first-order valence-corrected chi connectivity index (χ1v) is 12.7. The van der Waals surface area contributed by atoms with Crippen molar-refractivity contribution in [2.45, 2.75) is 105 Å². The molecule has 0 bridgehead atoms. The van der Waals surface area contributed by atoms with Crippen LogP contribution in [0.15, 0.2) is 23.3 Å². The van der Waals surface area contributed by atoms with Crippen molar-refractivity contribution in [3.05, 3.63) is 23.3 Å². The van der Waals surface area contributed by atoms with E-state index in [1.54, 1.807) is 5.57 Å². The quantitative estimate of drug-likeness (QED) is 0.469. The third-order valence-corrected chi connectivity index (χ3v) is 9.06. The molecule has 176 valence electrons. The summed E-state index contributed by atoms with van der Waals surface area (Å²) in [4.78, 5) is 11.5. The monoisotopic (exact) mass is 430 g/mol. The van der Waals surface area contributed by atoms with Crippen LogP contribution in [0.1, 0.15) is 92.9 Å². The van der Waals surface area contributed by atoms with E-state index in [9.17, 15) is 9.90 Å². The second-order valence-electron chi connectivity index (χ2n) is 11.8. The average Bonchev–Trinajstić information content (AvgIpc) is 3.05. The lowest BCUT2D eigenvalue weighted by Gasteiger charge is -2.44. The first-order chi connectivity index (χ1) is 14.5. The van der Waals surface area contributed by atoms with Gasteiger partial charge in [-0.05, 0) is 101 Å². The van der Waals surface area contributed by atoms with Crippen LogP contribution in [0.3, 0.4) is 0 Å². The van der Waals surface area contributed by atoms with Gasteiger partial charge in [0, 0.05) is 12.5 Å². The summed E-state index contributed by atoms with van der Waals surface area (Å²) in [6, 6.07) is 0. The second kappa shape index (κ2) is 9.91. The molecule has 0 spiro atoms. The number of carbonyl (C=O) groups excluding carboxylic acids is 1. The van der Waals surface area contributed by atoms with Gasteiger partial charge < -0.3 is 14.6 Å². The molecule has 0 heterocycles. The maximum Gasteiger partial charge on any atom is 0.123 e. The Morgan fingerprint density at radius 3 is 2.65 bits per heavy atom. The van der Waals surface area contributed by atoms with E-state index in [0.29, 0.717) is 42.1 Å². The molecular weight excluding hydrogens is 384 g/mol. The summed E-state index contributed by atoms with van der Waals surface area (Å²) >= 11 is 0. The van der Waals surface area contributed by atoms with Gasteiger partial charge in [0.05, 0.1) is 11.7 Å². The molecule has 31 heavy (non-hydrogen) atoms. The van der Waals surface area contributed by atoms with Crippen LogP contribution < -0.4 is 0 Å². The summed E-state index contributed by atoms with van der Waals surface area (Å²) in [6.07, 6.45) is 15.2. The highest BCUT2D eigenvalue weighted by atomic mass is 16.5. The maximum atomic E-state index is 11.5. The molecule has 3 rings (SSSR count). The van der Waals surface area contributed by atoms with Gasteiger partial charge in [-0.3, -0.25) is 0 Å². The Labute approximate surface area is 190 Å². The number of ether oxygens (including phenoxy) is 1. The third kappa shape index (κ3) is 5.71. The Bertz CT molecular complexity index is 685. The molecule has 3 aliphatic rings. The molecule has 7 atom stereocenters. The lowest BCUT2D eigenvalue weighted by molar-refractivity contribution is -0.113. The minimum Gasteiger partial charge on any atom is -0.390 e. The lowest BCUT2D eigenvalue weighted by atomic mass is 9.62. The Hall–Kier alpha value is -0.930. The molecule has 3 aliphatic carbocycles. The van der Waals surface area contributed by atoms with Crippen molar-refractivity contribution < 1.29 is 14.6 Å². The minimum atomic E-state index is -0.659. The zero-order chi connectivity index (χ0) is 22.8. The van der Waals surface area contributed by atoms with Crippen molar-refractivity contribution in [3.8, 4) is 0 Å². The van der Waals surface area contributed by atoms with Gasteiger partial charge in [0.1, 0.15) is 6.29 Å². The SMILES string of the molecule is CC1C/C(=C\C=C2/CCCC3(C)C2CCC3C(C)OCCC(C)(C)O)CC(C=O)C1C. The first-order valence-electron chi connectivity index (χ1n) is 12.7. The highest BCUT2D eigenvalue weighted by molar-refractivity contribution is 5.55. The number of fused-ring (bicyclic) bond motifs is 1. The minimum absolute atomic E-state index is 0.183. The van der Waals surface area contributed by atoms with Gasteiger partial charge in [-0.15, -0.1) is 0 Å². The standard InChI is InChI=1S/C28H46O3/c1-19-16-22(17-24(18-29)20(19)2)9-10-23-8-7-13-28(6)25(11-12-26(23)28)21(3)31-15-14-27(4,5)30/h9-10,18-21,24-26,30H,7-8,11-17H2,1-6H3/b22-9+,23-10+. The Morgan fingerprint density at radius 2 is 1.97 bits per heavy atom. The zero-order valence-electron chi connectivity index (χ0n) is 20.8. The molecule has 0 aromatic heterocycles. The predicted octanol–water partition coefficient (Wildman–Crippen LogP) is 6.50. The van der Waals surface area contributed by atoms with Gasteiger partial charge in [-0.1, -0.05) is 44.1 Å². The van der Waals surface area contributed by atoms with Crippen molar-refractivity contribution in [2.75, 3.05) is 6.61 Å². The van der Waals surface area contributed by atoms with Gasteiger partial charge in [0.2, 0.25) is 0 Å². The smallest absolute Gasteiger partial charge is 0.123 e. The van der Waals surface area contributed by atoms with Crippen molar-refractivity contribution in [3.63, 3.8) is 0 Å². The van der Waals surface area contributed by atoms with E-state index >= 15 is 0 Å². The highest BCUT2D eigenvalue weighted by Crippen LogP contribution is 2.58. The summed E-state index contributed by atoms with van der Waals surface area (Å²) in [6.45, 7) is 13.6. The Kier molecular flexibility index (Phi) is 7.90. The summed E-state index contributed by atoms with van der Waals surface area (Å²) in [5.41, 5.74) is 2.74. The summed E-state index contributed by atoms with van der Waals surface area (Å²) < 4.78 is 6.23. The number of hydrogen-bond donors (Lipinski definition) is 1. The first kappa shape index (κ1) is 24.7. The van der Waals surface area contributed by atoms with Gasteiger partial charge in [0.15, 0.2) is 0 Å². The van der Waals surface area contributed by atoms with Crippen LogP contribution in [0.4, 0.5) is 0 Å². The van der Waals surface area contributed by atoms with E-state index in [1.807, 2.05) is 13.8 Å². The molecule has 3 saturated carbocycles. The fourth-order valence-electron chi connectivity index (χ4n) is 6.79. The molecule has 1 N–H and O–H groups in total. The van der Waals surface area contributed by atoms with E-state index in [-0.39, 0.29) is 12.0 Å². The maximum absolute atomic E-state index is 11.5. The van der Waals surface area contributed by atoms with Crippen molar-refractivity contribution in [1.82, 2.24) is 0 Å². The van der Waals surface area contributed by atoms with Gasteiger partial charge in [0.25, 0.3) is 0 Å². The number of aldehydes is 1. The lowest BCUT2D eigenvalue weighted by Crippen LogP contribution is -2.39. The van der Waals surface area contributed by atoms with Gasteiger partial charge in [-0.25, -0.2) is 0 Å². The molecule has 3 heteroatoms. The van der Waals surface area contributed by atoms with Crippen LogP contribution >= 0.6 is 0 Å². The van der Waals surface area contributed by atoms with E-state index < -0.39 is 5.60 Å². The normalized spacial score (nSPS) is 40.2. The van der Waals surface area contributed by atoms with E-state index in [1.165, 1.54) is 44.0 Å². The molecule has 0 saturated heterocycles. The number of hydrogen-bond acceptors (Lipinski definition) is 3. The van der Waals surface area contributed by atoms with E-state index in [2.05, 4.69) is 39.8 Å². The van der Waals surface area contributed by atoms with Crippen LogP contribution in [-0.4, -0.2) is 29.7 Å². The molecule has 3 nitrogen and oxygen atoms in total. The van der Waals surface area contributed by atoms with E-state index in [0.717, 1.165) is 12.8 Å². The van der Waals surface area contributed by atoms with Gasteiger partial charge >= 0.3 is 0 Å². The zero-order valence-corrected chi connectivity index (χ0v) is 20.8. The van der Waals surface area contributed by atoms with Crippen molar-refractivity contribution >= 4 is 6.29 Å². The number of rotatable bonds is 7. The molecular formula is C28H46O3. The van der Waals surface area contributed by atoms with E-state index in [4.69, 9.17) is 4.74 Å². The fraction of sp³-hybridized carbons (Fsp3) is 0.821. The summed E-state index contributed by atoms with van der Waals surface area (Å²) in [5.74, 6) is 2.51. The third-order valence-electron chi connectivity index (χ3n) is 9.06. The topological polar surface area (TPSA) is 46.5 Å². The molecule has 3 fully saturated rings. The van der Waals surface area contributed by atoms with Crippen molar-refractivity contribution in [1.29, 1.82) is 0 Å². The predicted molar refractivity (Wildman–Crippen MR) is 128 cm³/mol. The van der Waals surface area contributed by atoms with Crippen LogP contribution in [-0.2, 0) is 9.53 Å². The molecule has 0 radical (unpaired) electrons. The second-order valence-corrected chi connectivity index (χ2v) is 11.8. The van der Waals surface area contributed by atoms with Crippen molar-refractivity contribution in [2.24, 2.45) is 35.0 Å². The number of allylic oxidation sites excluding steroid dienone is 4. The Morgan fingerprint density at radius 1 is 1.23 bits per heavy atom. The molecule has 0 aliphatic heterocycles. The van der Waals surface area contributed by atoms with Crippen LogP contribution in [0.2, 0.25) is 0 Å². The van der Waals surface area contributed by atoms with Crippen LogP contribution in [0.25, 0.3) is 0 Å². The summed E-state index contributed by atoms with van der Waals surface area (Å²) in [7, 11) is 0. The fourth-order valence-corrected chi connectivity index (χ4v) is 6.79. The van der Waals surface area contributed by atoms with Gasteiger partial charge in [-0.2, -0.15) is 0 Å². The number of carbonyl (C=O) groups is 1. The molecule has 7 unspecified atom stereocenters. The average molecular weight is 431 g/mol. The summed E-state index contributed by atoms with van der Waals surface area (Å²) in [5, 5.41) is 9.99. The molecule has 0 amide bonds. The largest absolute Gasteiger partial charge is 0.390 e. The Balaban J connectivity index is 1.68. The number of aliphatic hydroxyl groups is 1. The van der Waals surface area contributed by atoms with Crippen LogP contribution in [0, 0.1) is 35.0 Å².